The van der Waals surface area contributed by atoms with Crippen molar-refractivity contribution in [3.8, 4) is 0 Å². The Morgan fingerprint density at radius 3 is 2.26 bits per heavy atom. The second kappa shape index (κ2) is 7.86. The number of aromatic nitrogens is 2. The van der Waals surface area contributed by atoms with Gasteiger partial charge in [-0.15, -0.1) is 10.2 Å². The van der Waals surface area contributed by atoms with Gasteiger partial charge in [0.05, 0.1) is 0 Å². The first kappa shape index (κ1) is 18.4. The molecule has 1 heterocycles. The van der Waals surface area contributed by atoms with Gasteiger partial charge in [-0.25, -0.2) is 0 Å². The maximum atomic E-state index is 12.4. The number of rotatable bonds is 5. The highest BCUT2D eigenvalue weighted by molar-refractivity contribution is 6.03. The molecule has 1 aromatic heterocycles. The van der Waals surface area contributed by atoms with Crippen molar-refractivity contribution < 1.29 is 4.79 Å². The molecule has 138 valence electrons. The van der Waals surface area contributed by atoms with Crippen molar-refractivity contribution in [3.63, 3.8) is 0 Å². The molecular formula is C21H23N5O. The molecule has 27 heavy (non-hydrogen) atoms. The van der Waals surface area contributed by atoms with Gasteiger partial charge in [-0.3, -0.25) is 4.79 Å². The summed E-state index contributed by atoms with van der Waals surface area (Å²) >= 11 is 0. The normalized spacial score (nSPS) is 10.4. The fraction of sp³-hybridized carbons (Fsp3) is 0.190. The molecule has 0 radical (unpaired) electrons. The summed E-state index contributed by atoms with van der Waals surface area (Å²) < 4.78 is 0. The summed E-state index contributed by atoms with van der Waals surface area (Å²) in [5, 5.41) is 14.2. The average molecular weight is 361 g/mol. The van der Waals surface area contributed by atoms with Gasteiger partial charge in [0.25, 0.3) is 5.91 Å². The zero-order valence-electron chi connectivity index (χ0n) is 15.9. The van der Waals surface area contributed by atoms with E-state index in [9.17, 15) is 4.79 Å². The van der Waals surface area contributed by atoms with Crippen LogP contribution in [0.2, 0.25) is 0 Å². The third kappa shape index (κ3) is 4.61. The average Bonchev–Trinajstić information content (AvgIpc) is 2.65. The molecule has 0 bridgehead atoms. The second-order valence-electron chi connectivity index (χ2n) is 6.64. The first-order valence-corrected chi connectivity index (χ1v) is 8.69. The van der Waals surface area contributed by atoms with Gasteiger partial charge in [0.15, 0.2) is 11.5 Å². The zero-order chi connectivity index (χ0) is 19.4. The number of hydrogen-bond acceptors (Lipinski definition) is 5. The molecule has 0 saturated heterocycles. The zero-order valence-corrected chi connectivity index (χ0v) is 15.9. The van der Waals surface area contributed by atoms with Crippen LogP contribution in [0.15, 0.2) is 54.6 Å². The minimum absolute atomic E-state index is 0.267. The highest BCUT2D eigenvalue weighted by Crippen LogP contribution is 2.19. The monoisotopic (exact) mass is 361 g/mol. The van der Waals surface area contributed by atoms with Crippen LogP contribution in [0.3, 0.4) is 0 Å². The van der Waals surface area contributed by atoms with E-state index in [1.165, 1.54) is 0 Å². The molecule has 2 aromatic carbocycles. The van der Waals surface area contributed by atoms with E-state index in [1.54, 1.807) is 12.1 Å². The third-order valence-corrected chi connectivity index (χ3v) is 4.18. The lowest BCUT2D eigenvalue weighted by Gasteiger charge is -2.13. The van der Waals surface area contributed by atoms with Crippen LogP contribution in [-0.2, 0) is 0 Å². The molecule has 3 aromatic rings. The van der Waals surface area contributed by atoms with Crippen molar-refractivity contribution in [2.75, 3.05) is 29.6 Å². The molecule has 0 atom stereocenters. The van der Waals surface area contributed by atoms with Gasteiger partial charge < -0.3 is 15.5 Å². The van der Waals surface area contributed by atoms with E-state index in [0.717, 1.165) is 28.2 Å². The van der Waals surface area contributed by atoms with Gasteiger partial charge in [0.2, 0.25) is 0 Å². The summed E-state index contributed by atoms with van der Waals surface area (Å²) in [6, 6.07) is 17.2. The van der Waals surface area contributed by atoms with E-state index in [1.807, 2.05) is 75.3 Å². The Morgan fingerprint density at radius 2 is 1.67 bits per heavy atom. The van der Waals surface area contributed by atoms with Gasteiger partial charge in [-0.2, -0.15) is 0 Å². The number of hydrogen-bond donors (Lipinski definition) is 2. The number of carbonyl (C=O) groups is 1. The lowest BCUT2D eigenvalue weighted by Crippen LogP contribution is -2.15. The summed E-state index contributed by atoms with van der Waals surface area (Å²) in [4.78, 5) is 14.4. The number of aryl methyl sites for hydroxylation is 2. The summed E-state index contributed by atoms with van der Waals surface area (Å²) in [6.45, 7) is 3.98. The third-order valence-electron chi connectivity index (χ3n) is 4.18. The molecule has 6 heteroatoms. The highest BCUT2D eigenvalue weighted by Gasteiger charge is 2.10. The molecule has 0 aliphatic rings. The first-order valence-electron chi connectivity index (χ1n) is 8.69. The molecule has 6 nitrogen and oxygen atoms in total. The largest absolute Gasteiger partial charge is 0.378 e. The Labute approximate surface area is 159 Å². The van der Waals surface area contributed by atoms with Crippen molar-refractivity contribution >= 4 is 28.8 Å². The standard InChI is InChI=1S/C21H23N5O/c1-14-5-10-18(15(2)13-14)23-21(27)19-11-12-20(25-24-19)22-16-6-8-17(9-7-16)26(3)4/h5-13H,1-4H3,(H,22,25)(H,23,27). The van der Waals surface area contributed by atoms with Crippen molar-refractivity contribution in [1.29, 1.82) is 0 Å². The minimum atomic E-state index is -0.281. The van der Waals surface area contributed by atoms with Gasteiger partial charge in [-0.05, 0) is 61.9 Å². The molecule has 2 N–H and O–H groups in total. The van der Waals surface area contributed by atoms with Crippen molar-refractivity contribution in [2.45, 2.75) is 13.8 Å². The fourth-order valence-corrected chi connectivity index (χ4v) is 2.65. The highest BCUT2D eigenvalue weighted by atomic mass is 16.1. The van der Waals surface area contributed by atoms with Gasteiger partial charge in [0, 0.05) is 31.2 Å². The van der Waals surface area contributed by atoms with Gasteiger partial charge in [-0.1, -0.05) is 17.7 Å². The van der Waals surface area contributed by atoms with Crippen LogP contribution in [0.4, 0.5) is 22.9 Å². The predicted molar refractivity (Wildman–Crippen MR) is 110 cm³/mol. The molecule has 0 spiro atoms. The quantitative estimate of drug-likeness (QED) is 0.714. The van der Waals surface area contributed by atoms with Crippen molar-refractivity contribution in [2.24, 2.45) is 0 Å². The van der Waals surface area contributed by atoms with Crippen LogP contribution in [0, 0.1) is 13.8 Å². The molecule has 1 amide bonds. The van der Waals surface area contributed by atoms with Crippen molar-refractivity contribution in [3.05, 3.63) is 71.4 Å². The Morgan fingerprint density at radius 1 is 0.926 bits per heavy atom. The molecule has 0 aliphatic carbocycles. The van der Waals surface area contributed by atoms with E-state index < -0.39 is 0 Å². The smallest absolute Gasteiger partial charge is 0.276 e. The summed E-state index contributed by atoms with van der Waals surface area (Å²) in [7, 11) is 3.99. The molecule has 0 unspecified atom stereocenters. The molecule has 0 aliphatic heterocycles. The van der Waals surface area contributed by atoms with Crippen LogP contribution in [0.1, 0.15) is 21.6 Å². The number of amides is 1. The topological polar surface area (TPSA) is 70.2 Å². The SMILES string of the molecule is Cc1ccc(NC(=O)c2ccc(Nc3ccc(N(C)C)cc3)nn2)c(C)c1. The molecule has 0 saturated carbocycles. The van der Waals surface area contributed by atoms with Crippen LogP contribution >= 0.6 is 0 Å². The number of anilines is 4. The molecule has 0 fully saturated rings. The van der Waals surface area contributed by atoms with Crippen LogP contribution < -0.4 is 15.5 Å². The van der Waals surface area contributed by atoms with E-state index in [-0.39, 0.29) is 11.6 Å². The van der Waals surface area contributed by atoms with E-state index in [4.69, 9.17) is 0 Å². The van der Waals surface area contributed by atoms with E-state index >= 15 is 0 Å². The number of nitrogens with zero attached hydrogens (tertiary/aromatic N) is 3. The maximum absolute atomic E-state index is 12.4. The maximum Gasteiger partial charge on any atom is 0.276 e. The Balaban J connectivity index is 1.66. The number of carbonyl (C=O) groups excluding carboxylic acids is 1. The fourth-order valence-electron chi connectivity index (χ4n) is 2.65. The summed E-state index contributed by atoms with van der Waals surface area (Å²) in [5.41, 5.74) is 5.22. The van der Waals surface area contributed by atoms with Crippen LogP contribution in [0.25, 0.3) is 0 Å². The molecular weight excluding hydrogens is 338 g/mol. The predicted octanol–water partition coefficient (Wildman–Crippen LogP) is 4.16. The number of benzene rings is 2. The lowest BCUT2D eigenvalue weighted by atomic mass is 10.1. The van der Waals surface area contributed by atoms with Gasteiger partial charge >= 0.3 is 0 Å². The second-order valence-corrected chi connectivity index (χ2v) is 6.64. The first-order chi connectivity index (χ1) is 12.9. The summed E-state index contributed by atoms with van der Waals surface area (Å²) in [6.07, 6.45) is 0. The Kier molecular flexibility index (Phi) is 5.35. The van der Waals surface area contributed by atoms with Crippen molar-refractivity contribution in [1.82, 2.24) is 10.2 Å². The molecule has 3 rings (SSSR count). The van der Waals surface area contributed by atoms with Gasteiger partial charge in [0.1, 0.15) is 0 Å². The summed E-state index contributed by atoms with van der Waals surface area (Å²) in [5.74, 6) is 0.298. The van der Waals surface area contributed by atoms with Crippen LogP contribution in [0.5, 0.6) is 0 Å². The van der Waals surface area contributed by atoms with E-state index in [2.05, 4.69) is 20.8 Å². The minimum Gasteiger partial charge on any atom is -0.378 e. The van der Waals surface area contributed by atoms with E-state index in [0.29, 0.717) is 5.82 Å². The number of nitrogens with one attached hydrogen (secondary N) is 2. The Bertz CT molecular complexity index is 934. The lowest BCUT2D eigenvalue weighted by molar-refractivity contribution is 0.102. The van der Waals surface area contributed by atoms with Crippen LogP contribution in [-0.4, -0.2) is 30.2 Å². The Hall–Kier alpha value is -3.41.